The molecule has 0 bridgehead atoms. The van der Waals surface area contributed by atoms with Gasteiger partial charge in [0.2, 0.25) is 0 Å². The first-order valence-electron chi connectivity index (χ1n) is 9.95. The van der Waals surface area contributed by atoms with Gasteiger partial charge in [0.05, 0.1) is 24.3 Å². The Kier molecular flexibility index (Phi) is 5.48. The van der Waals surface area contributed by atoms with Crippen LogP contribution >= 0.6 is 0 Å². The number of aliphatic hydroxyl groups is 1. The zero-order valence-electron chi connectivity index (χ0n) is 17.8. The molecule has 1 aliphatic heterocycles. The first kappa shape index (κ1) is 21.2. The number of halogens is 1. The van der Waals surface area contributed by atoms with Crippen molar-refractivity contribution in [2.24, 2.45) is 0 Å². The second-order valence-corrected chi connectivity index (χ2v) is 7.59. The van der Waals surface area contributed by atoms with Gasteiger partial charge in [0.1, 0.15) is 17.3 Å². The normalized spacial score (nSPS) is 17.6. The smallest absolute Gasteiger partial charge is 0.300 e. The predicted octanol–water partition coefficient (Wildman–Crippen LogP) is 4.47. The lowest BCUT2D eigenvalue weighted by Gasteiger charge is -2.25. The van der Waals surface area contributed by atoms with Crippen LogP contribution in [-0.2, 0) is 9.59 Å². The fourth-order valence-corrected chi connectivity index (χ4v) is 4.13. The highest BCUT2D eigenvalue weighted by atomic mass is 19.1. The summed E-state index contributed by atoms with van der Waals surface area (Å²) < 4.78 is 19.5. The molecule has 1 atom stereocenters. The molecule has 1 unspecified atom stereocenters. The molecule has 1 saturated heterocycles. The molecular weight excluding hydrogens is 411 g/mol. The molecule has 4 rings (SSSR count). The van der Waals surface area contributed by atoms with Crippen LogP contribution in [0, 0.1) is 19.7 Å². The van der Waals surface area contributed by atoms with E-state index in [1.165, 1.54) is 42.6 Å². The fraction of sp³-hybridized carbons (Fsp3) is 0.160. The zero-order valence-corrected chi connectivity index (χ0v) is 17.8. The van der Waals surface area contributed by atoms with Crippen LogP contribution in [0.5, 0.6) is 5.75 Å². The molecule has 1 N–H and O–H groups in total. The number of benzene rings is 2. The van der Waals surface area contributed by atoms with E-state index in [2.05, 4.69) is 4.98 Å². The van der Waals surface area contributed by atoms with Gasteiger partial charge in [0.15, 0.2) is 0 Å². The van der Waals surface area contributed by atoms with Crippen LogP contribution in [-0.4, -0.2) is 28.9 Å². The number of rotatable bonds is 4. The van der Waals surface area contributed by atoms with Gasteiger partial charge in [-0.15, -0.1) is 0 Å². The van der Waals surface area contributed by atoms with E-state index < -0.39 is 23.5 Å². The third-order valence-electron chi connectivity index (χ3n) is 5.43. The number of aliphatic hydroxyl groups excluding tert-OH is 1. The van der Waals surface area contributed by atoms with Gasteiger partial charge in [-0.25, -0.2) is 4.39 Å². The minimum absolute atomic E-state index is 0.103. The van der Waals surface area contributed by atoms with Gasteiger partial charge in [-0.3, -0.25) is 19.5 Å². The molecular formula is C25H21FN2O4. The number of aromatic nitrogens is 1. The van der Waals surface area contributed by atoms with Gasteiger partial charge in [0, 0.05) is 18.1 Å². The first-order valence-corrected chi connectivity index (χ1v) is 9.95. The average Bonchev–Trinajstić information content (AvgIpc) is 3.04. The number of carbonyl (C=O) groups excluding carboxylic acids is 2. The Hall–Kier alpha value is -4.00. The summed E-state index contributed by atoms with van der Waals surface area (Å²) in [6, 6.07) is 11.3. The van der Waals surface area contributed by atoms with Gasteiger partial charge in [0.25, 0.3) is 11.7 Å². The van der Waals surface area contributed by atoms with Crippen molar-refractivity contribution in [2.75, 3.05) is 12.0 Å². The van der Waals surface area contributed by atoms with E-state index >= 15 is 0 Å². The molecule has 0 aliphatic carbocycles. The predicted molar refractivity (Wildman–Crippen MR) is 118 cm³/mol. The lowest BCUT2D eigenvalue weighted by atomic mass is 9.94. The Labute approximate surface area is 184 Å². The average molecular weight is 432 g/mol. The first-order chi connectivity index (χ1) is 15.3. The number of aryl methyl sites for hydroxylation is 2. The van der Waals surface area contributed by atoms with Gasteiger partial charge in [-0.05, 0) is 66.9 Å². The highest BCUT2D eigenvalue weighted by Crippen LogP contribution is 2.43. The summed E-state index contributed by atoms with van der Waals surface area (Å²) >= 11 is 0. The highest BCUT2D eigenvalue weighted by Gasteiger charge is 2.47. The summed E-state index contributed by atoms with van der Waals surface area (Å²) in [6.45, 7) is 3.68. The lowest BCUT2D eigenvalue weighted by molar-refractivity contribution is -0.132. The van der Waals surface area contributed by atoms with Crippen molar-refractivity contribution < 1.29 is 23.8 Å². The second kappa shape index (κ2) is 8.26. The monoisotopic (exact) mass is 432 g/mol. The quantitative estimate of drug-likeness (QED) is 0.374. The molecule has 2 aromatic carbocycles. The van der Waals surface area contributed by atoms with E-state index in [0.29, 0.717) is 16.9 Å². The largest absolute Gasteiger partial charge is 0.507 e. The highest BCUT2D eigenvalue weighted by molar-refractivity contribution is 6.51. The second-order valence-electron chi connectivity index (χ2n) is 7.59. The van der Waals surface area contributed by atoms with Gasteiger partial charge >= 0.3 is 0 Å². The maximum atomic E-state index is 14.0. The van der Waals surface area contributed by atoms with E-state index in [1.807, 2.05) is 19.9 Å². The number of amides is 1. The Morgan fingerprint density at radius 1 is 1.09 bits per heavy atom. The van der Waals surface area contributed by atoms with E-state index in [-0.39, 0.29) is 17.0 Å². The van der Waals surface area contributed by atoms with Crippen molar-refractivity contribution in [3.63, 3.8) is 0 Å². The Balaban J connectivity index is 2.01. The molecule has 32 heavy (non-hydrogen) atoms. The van der Waals surface area contributed by atoms with E-state index in [4.69, 9.17) is 4.74 Å². The molecule has 1 aromatic heterocycles. The molecule has 7 heteroatoms. The molecule has 2 heterocycles. The molecule has 0 radical (unpaired) electrons. The van der Waals surface area contributed by atoms with Crippen molar-refractivity contribution in [3.8, 4) is 5.75 Å². The van der Waals surface area contributed by atoms with E-state index in [9.17, 15) is 19.1 Å². The van der Waals surface area contributed by atoms with Crippen molar-refractivity contribution >= 4 is 23.1 Å². The minimum Gasteiger partial charge on any atom is -0.507 e. The number of anilines is 1. The van der Waals surface area contributed by atoms with Gasteiger partial charge in [-0.2, -0.15) is 0 Å². The third-order valence-corrected chi connectivity index (χ3v) is 5.43. The molecule has 1 aliphatic rings. The molecule has 0 spiro atoms. The van der Waals surface area contributed by atoms with Gasteiger partial charge in [-0.1, -0.05) is 12.1 Å². The molecule has 1 amide bonds. The Morgan fingerprint density at radius 2 is 1.81 bits per heavy atom. The molecule has 3 aromatic rings. The van der Waals surface area contributed by atoms with Crippen LogP contribution in [0.2, 0.25) is 0 Å². The molecule has 1 fully saturated rings. The van der Waals surface area contributed by atoms with Crippen LogP contribution in [0.1, 0.15) is 28.3 Å². The fourth-order valence-electron chi connectivity index (χ4n) is 4.13. The lowest BCUT2D eigenvalue weighted by Crippen LogP contribution is -2.29. The number of ketones is 1. The van der Waals surface area contributed by atoms with Crippen molar-refractivity contribution in [1.29, 1.82) is 0 Å². The Morgan fingerprint density at radius 3 is 2.47 bits per heavy atom. The van der Waals surface area contributed by atoms with Crippen LogP contribution in [0.3, 0.4) is 0 Å². The van der Waals surface area contributed by atoms with E-state index in [1.54, 1.807) is 24.3 Å². The maximum Gasteiger partial charge on any atom is 0.300 e. The summed E-state index contributed by atoms with van der Waals surface area (Å²) in [5.41, 5.74) is 2.59. The summed E-state index contributed by atoms with van der Waals surface area (Å²) in [4.78, 5) is 31.5. The number of nitrogens with zero attached hydrogens (tertiary/aromatic N) is 2. The number of Topliss-reactive ketones (excluding diaryl/α,β-unsaturated/α-hetero) is 1. The maximum absolute atomic E-state index is 14.0. The van der Waals surface area contributed by atoms with Crippen molar-refractivity contribution in [2.45, 2.75) is 19.9 Å². The Bertz CT molecular complexity index is 1250. The van der Waals surface area contributed by atoms with E-state index in [0.717, 1.165) is 11.1 Å². The summed E-state index contributed by atoms with van der Waals surface area (Å²) in [6.07, 6.45) is 3.05. The zero-order chi connectivity index (χ0) is 23.0. The van der Waals surface area contributed by atoms with Crippen molar-refractivity contribution in [3.05, 3.63) is 94.6 Å². The number of carbonyl (C=O) groups is 2. The number of hydrogen-bond acceptors (Lipinski definition) is 5. The van der Waals surface area contributed by atoms with Gasteiger partial charge < -0.3 is 9.84 Å². The molecule has 6 nitrogen and oxygen atoms in total. The van der Waals surface area contributed by atoms with Crippen LogP contribution in [0.25, 0.3) is 5.76 Å². The SMILES string of the molecule is COc1c(C)cc(C)cc1/C(O)=C1\C(=O)C(=O)N(c2cccc(F)c2)C1c1ccncc1. The van der Waals surface area contributed by atoms with Crippen LogP contribution in [0.4, 0.5) is 10.1 Å². The van der Waals surface area contributed by atoms with Crippen LogP contribution in [0.15, 0.2) is 66.5 Å². The summed E-state index contributed by atoms with van der Waals surface area (Å²) in [5, 5.41) is 11.3. The number of hydrogen-bond donors (Lipinski definition) is 1. The summed E-state index contributed by atoms with van der Waals surface area (Å²) in [7, 11) is 1.47. The molecule has 162 valence electrons. The molecule has 0 saturated carbocycles. The topological polar surface area (TPSA) is 79.7 Å². The minimum atomic E-state index is -0.967. The third kappa shape index (κ3) is 3.51. The number of methoxy groups -OCH3 is 1. The number of pyridine rings is 1. The standard InChI is InChI=1S/C25H21FN2O4/c1-14-11-15(2)24(32-3)19(12-14)22(29)20-21(16-7-9-27-10-8-16)28(25(31)23(20)30)18-6-4-5-17(26)13-18/h4-13,21,29H,1-3H3/b22-20+. The summed E-state index contributed by atoms with van der Waals surface area (Å²) in [5.74, 6) is -2.22. The number of ether oxygens (including phenoxy) is 1. The van der Waals surface area contributed by atoms with Crippen LogP contribution < -0.4 is 9.64 Å². The van der Waals surface area contributed by atoms with Crippen molar-refractivity contribution in [1.82, 2.24) is 4.98 Å².